The molecule has 0 radical (unpaired) electrons. The second kappa shape index (κ2) is 7.89. The van der Waals surface area contributed by atoms with Crippen LogP contribution in [-0.4, -0.2) is 29.3 Å². The Balaban J connectivity index is 1.61. The third-order valence-electron chi connectivity index (χ3n) is 4.49. The first-order valence-corrected chi connectivity index (χ1v) is 8.51. The van der Waals surface area contributed by atoms with Gasteiger partial charge in [0.05, 0.1) is 11.2 Å². The van der Waals surface area contributed by atoms with Gasteiger partial charge in [0.2, 0.25) is 0 Å². The molecule has 0 bridgehead atoms. The fraction of sp³-hybridized carbons (Fsp3) is 0.500. The third-order valence-corrected chi connectivity index (χ3v) is 4.49. The summed E-state index contributed by atoms with van der Waals surface area (Å²) < 4.78 is 0. The molecule has 0 aliphatic heterocycles. The van der Waals surface area contributed by atoms with Gasteiger partial charge in [-0.1, -0.05) is 43.9 Å². The van der Waals surface area contributed by atoms with E-state index < -0.39 is 0 Å². The minimum atomic E-state index is 0.359. The fourth-order valence-corrected chi connectivity index (χ4v) is 3.26. The molecule has 120 valence electrons. The van der Waals surface area contributed by atoms with Crippen LogP contribution in [0.15, 0.2) is 24.3 Å². The highest BCUT2D eigenvalue weighted by Gasteiger charge is 2.12. The summed E-state index contributed by atoms with van der Waals surface area (Å²) in [6, 6.07) is 10.6. The van der Waals surface area contributed by atoms with Crippen molar-refractivity contribution in [2.75, 3.05) is 18.4 Å². The van der Waals surface area contributed by atoms with E-state index in [-0.39, 0.29) is 0 Å². The van der Waals surface area contributed by atoms with Crippen LogP contribution in [0.3, 0.4) is 0 Å². The first-order valence-electron chi connectivity index (χ1n) is 8.51. The highest BCUT2D eigenvalue weighted by Crippen LogP contribution is 2.23. The Morgan fingerprint density at radius 1 is 1.04 bits per heavy atom. The molecular weight excluding hydrogens is 286 g/mol. The number of anilines is 1. The van der Waals surface area contributed by atoms with E-state index in [0.29, 0.717) is 11.7 Å². The Hall–Kier alpha value is -2.19. The number of aromatic nitrogens is 2. The Kier molecular flexibility index (Phi) is 5.38. The summed E-state index contributed by atoms with van der Waals surface area (Å²) in [5.41, 5.74) is 1.96. The summed E-state index contributed by atoms with van der Waals surface area (Å²) in [5.74, 6) is 0. The van der Waals surface area contributed by atoms with Crippen LogP contribution in [0.1, 0.15) is 44.2 Å². The van der Waals surface area contributed by atoms with E-state index in [9.17, 15) is 5.26 Å². The Labute approximate surface area is 137 Å². The maximum absolute atomic E-state index is 9.26. The van der Waals surface area contributed by atoms with Crippen molar-refractivity contribution in [3.05, 3.63) is 30.0 Å². The lowest BCUT2D eigenvalue weighted by molar-refractivity contribution is 0.468. The van der Waals surface area contributed by atoms with Crippen LogP contribution in [0.5, 0.6) is 0 Å². The van der Waals surface area contributed by atoms with Crippen LogP contribution in [0.4, 0.5) is 5.69 Å². The number of fused-ring (bicyclic) bond motifs is 1. The summed E-state index contributed by atoms with van der Waals surface area (Å²) >= 11 is 0. The van der Waals surface area contributed by atoms with Crippen LogP contribution >= 0.6 is 0 Å². The van der Waals surface area contributed by atoms with Crippen molar-refractivity contribution in [3.63, 3.8) is 0 Å². The standard InChI is InChI=1S/C18H23N5/c19-13-17-18(15-9-5-6-10-16(15)22-23-17)21-12-11-20-14-7-3-1-2-4-8-14/h5-6,9-10,14,20H,1-4,7-8,11-12H2,(H,21,22). The van der Waals surface area contributed by atoms with Crippen LogP contribution in [0, 0.1) is 11.3 Å². The third kappa shape index (κ3) is 3.96. The minimum absolute atomic E-state index is 0.359. The first-order chi connectivity index (χ1) is 11.4. The summed E-state index contributed by atoms with van der Waals surface area (Å²) in [5, 5.41) is 25.3. The smallest absolute Gasteiger partial charge is 0.186 e. The molecule has 1 aromatic carbocycles. The minimum Gasteiger partial charge on any atom is -0.381 e. The molecular formula is C18H23N5. The van der Waals surface area contributed by atoms with Gasteiger partial charge in [-0.2, -0.15) is 5.26 Å². The van der Waals surface area contributed by atoms with Gasteiger partial charge in [0.1, 0.15) is 6.07 Å². The molecule has 0 atom stereocenters. The lowest BCUT2D eigenvalue weighted by atomic mass is 10.1. The highest BCUT2D eigenvalue weighted by atomic mass is 15.1. The molecule has 23 heavy (non-hydrogen) atoms. The summed E-state index contributed by atoms with van der Waals surface area (Å²) in [7, 11) is 0. The largest absolute Gasteiger partial charge is 0.381 e. The van der Waals surface area contributed by atoms with Gasteiger partial charge in [0.25, 0.3) is 0 Å². The average molecular weight is 309 g/mol. The maximum atomic E-state index is 9.26. The molecule has 1 saturated carbocycles. The zero-order valence-corrected chi connectivity index (χ0v) is 13.4. The van der Waals surface area contributed by atoms with Gasteiger partial charge in [0.15, 0.2) is 5.69 Å². The molecule has 1 heterocycles. The van der Waals surface area contributed by atoms with Crippen molar-refractivity contribution in [2.24, 2.45) is 0 Å². The molecule has 1 aliphatic rings. The SMILES string of the molecule is N#Cc1nnc2ccccc2c1NCCNC1CCCCCC1. The number of hydrogen-bond donors (Lipinski definition) is 2. The molecule has 5 nitrogen and oxygen atoms in total. The van der Waals surface area contributed by atoms with Crippen LogP contribution < -0.4 is 10.6 Å². The van der Waals surface area contributed by atoms with Crippen molar-refractivity contribution in [2.45, 2.75) is 44.6 Å². The Bertz CT molecular complexity index is 683. The Morgan fingerprint density at radius 2 is 1.83 bits per heavy atom. The van der Waals surface area contributed by atoms with Gasteiger partial charge in [0, 0.05) is 24.5 Å². The van der Waals surface area contributed by atoms with Crippen molar-refractivity contribution < 1.29 is 0 Å². The molecule has 5 heteroatoms. The molecule has 0 spiro atoms. The molecule has 0 amide bonds. The van der Waals surface area contributed by atoms with Gasteiger partial charge >= 0.3 is 0 Å². The number of nitriles is 1. The summed E-state index contributed by atoms with van der Waals surface area (Å²) in [6.07, 6.45) is 7.98. The van der Waals surface area contributed by atoms with Crippen molar-refractivity contribution in [1.82, 2.24) is 15.5 Å². The van der Waals surface area contributed by atoms with Crippen LogP contribution in [0.2, 0.25) is 0 Å². The second-order valence-electron chi connectivity index (χ2n) is 6.12. The molecule has 1 fully saturated rings. The molecule has 1 aliphatic carbocycles. The van der Waals surface area contributed by atoms with E-state index in [4.69, 9.17) is 0 Å². The van der Waals surface area contributed by atoms with E-state index in [2.05, 4.69) is 26.9 Å². The number of nitrogens with zero attached hydrogens (tertiary/aromatic N) is 3. The van der Waals surface area contributed by atoms with Gasteiger partial charge in [-0.05, 0) is 18.9 Å². The van der Waals surface area contributed by atoms with Crippen molar-refractivity contribution >= 4 is 16.6 Å². The van der Waals surface area contributed by atoms with E-state index in [1.54, 1.807) is 0 Å². The highest BCUT2D eigenvalue weighted by molar-refractivity contribution is 5.92. The normalized spacial score (nSPS) is 16.0. The number of benzene rings is 1. The fourth-order valence-electron chi connectivity index (χ4n) is 3.26. The van der Waals surface area contributed by atoms with Crippen molar-refractivity contribution in [1.29, 1.82) is 5.26 Å². The lowest BCUT2D eigenvalue weighted by Gasteiger charge is -2.17. The number of nitrogens with one attached hydrogen (secondary N) is 2. The Morgan fingerprint density at radius 3 is 2.61 bits per heavy atom. The van der Waals surface area contributed by atoms with Gasteiger partial charge in [-0.25, -0.2) is 0 Å². The van der Waals surface area contributed by atoms with Crippen LogP contribution in [-0.2, 0) is 0 Å². The monoisotopic (exact) mass is 309 g/mol. The predicted octanol–water partition coefficient (Wildman–Crippen LogP) is 3.23. The molecule has 0 unspecified atom stereocenters. The zero-order chi connectivity index (χ0) is 15.9. The molecule has 3 rings (SSSR count). The van der Waals surface area contributed by atoms with Gasteiger partial charge in [-0.3, -0.25) is 0 Å². The topological polar surface area (TPSA) is 73.6 Å². The molecule has 2 aromatic rings. The average Bonchev–Trinajstić information content (AvgIpc) is 2.87. The van der Waals surface area contributed by atoms with Gasteiger partial charge in [-0.15, -0.1) is 10.2 Å². The van der Waals surface area contributed by atoms with E-state index in [1.807, 2.05) is 24.3 Å². The summed E-state index contributed by atoms with van der Waals surface area (Å²) in [6.45, 7) is 1.67. The predicted molar refractivity (Wildman–Crippen MR) is 92.2 cm³/mol. The van der Waals surface area contributed by atoms with E-state index in [1.165, 1.54) is 38.5 Å². The molecule has 1 aromatic heterocycles. The zero-order valence-electron chi connectivity index (χ0n) is 13.4. The number of rotatable bonds is 5. The van der Waals surface area contributed by atoms with Crippen LogP contribution in [0.25, 0.3) is 10.9 Å². The lowest BCUT2D eigenvalue weighted by Crippen LogP contribution is -2.32. The van der Waals surface area contributed by atoms with E-state index in [0.717, 1.165) is 29.7 Å². The molecule has 0 saturated heterocycles. The van der Waals surface area contributed by atoms with Crippen molar-refractivity contribution in [3.8, 4) is 6.07 Å². The maximum Gasteiger partial charge on any atom is 0.186 e. The quantitative estimate of drug-likeness (QED) is 0.655. The summed E-state index contributed by atoms with van der Waals surface area (Å²) in [4.78, 5) is 0. The number of hydrogen-bond acceptors (Lipinski definition) is 5. The molecule has 2 N–H and O–H groups in total. The second-order valence-corrected chi connectivity index (χ2v) is 6.12. The first kappa shape index (κ1) is 15.7. The van der Waals surface area contributed by atoms with Gasteiger partial charge < -0.3 is 10.6 Å². The van der Waals surface area contributed by atoms with E-state index >= 15 is 0 Å².